The Bertz CT molecular complexity index is 137. The Morgan fingerprint density at radius 3 is 2.00 bits per heavy atom. The number of hydrogen-bond donors (Lipinski definition) is 1. The number of hydrogen-bond acceptors (Lipinski definition) is 2. The van der Waals surface area contributed by atoms with Gasteiger partial charge in [0, 0.05) is 7.11 Å². The lowest BCUT2D eigenvalue weighted by Crippen LogP contribution is -2.25. The lowest BCUT2D eigenvalue weighted by Gasteiger charge is -2.24. The van der Waals surface area contributed by atoms with Crippen molar-refractivity contribution in [1.82, 2.24) is 0 Å². The maximum atomic E-state index is 10.5. The first kappa shape index (κ1) is 12.4. The minimum absolute atomic E-state index is 0.124. The Morgan fingerprint density at radius 2 is 1.69 bits per heavy atom. The van der Waals surface area contributed by atoms with E-state index in [-0.39, 0.29) is 5.92 Å². The zero-order valence-corrected chi connectivity index (χ0v) is 8.75. The standard InChI is InChI=1S/C8H14O3.C2H6/c1-11-7-4-2-6(3-5-7)8(9)10;1-2/h6-7H,2-5H2,1H3,(H,9,10);1-2H3. The third-order valence-electron chi connectivity index (χ3n) is 2.36. The highest BCUT2D eigenvalue weighted by Crippen LogP contribution is 2.25. The topological polar surface area (TPSA) is 46.5 Å². The minimum atomic E-state index is -0.653. The molecule has 0 atom stereocenters. The molecule has 0 aromatic rings. The average molecular weight is 188 g/mol. The molecular formula is C10H20O3. The van der Waals surface area contributed by atoms with Crippen LogP contribution < -0.4 is 0 Å². The van der Waals surface area contributed by atoms with Gasteiger partial charge in [0.2, 0.25) is 0 Å². The van der Waals surface area contributed by atoms with E-state index >= 15 is 0 Å². The Labute approximate surface area is 80.1 Å². The molecule has 3 nitrogen and oxygen atoms in total. The van der Waals surface area contributed by atoms with Gasteiger partial charge in [-0.2, -0.15) is 0 Å². The third kappa shape index (κ3) is 4.27. The lowest BCUT2D eigenvalue weighted by molar-refractivity contribution is -0.143. The maximum Gasteiger partial charge on any atom is 0.306 e. The fourth-order valence-corrected chi connectivity index (χ4v) is 1.55. The van der Waals surface area contributed by atoms with Gasteiger partial charge in [-0.05, 0) is 25.7 Å². The fraction of sp³-hybridized carbons (Fsp3) is 0.900. The van der Waals surface area contributed by atoms with Crippen molar-refractivity contribution in [3.05, 3.63) is 0 Å². The first-order valence-corrected chi connectivity index (χ1v) is 4.99. The monoisotopic (exact) mass is 188 g/mol. The Balaban J connectivity index is 0.000000671. The molecule has 0 aromatic heterocycles. The van der Waals surface area contributed by atoms with Gasteiger partial charge in [0.25, 0.3) is 0 Å². The van der Waals surface area contributed by atoms with Crippen LogP contribution in [0.1, 0.15) is 39.5 Å². The van der Waals surface area contributed by atoms with E-state index in [1.807, 2.05) is 13.8 Å². The largest absolute Gasteiger partial charge is 0.481 e. The summed E-state index contributed by atoms with van der Waals surface area (Å²) in [4.78, 5) is 10.5. The van der Waals surface area contributed by atoms with E-state index in [1.165, 1.54) is 0 Å². The Kier molecular flexibility index (Phi) is 6.59. The number of carboxylic acids is 1. The summed E-state index contributed by atoms with van der Waals surface area (Å²) in [5, 5.41) is 8.66. The van der Waals surface area contributed by atoms with Crippen LogP contribution in [0.4, 0.5) is 0 Å². The van der Waals surface area contributed by atoms with Crippen molar-refractivity contribution in [2.24, 2.45) is 5.92 Å². The quantitative estimate of drug-likeness (QED) is 0.723. The molecule has 0 heterocycles. The van der Waals surface area contributed by atoms with Gasteiger partial charge in [-0.1, -0.05) is 13.8 Å². The molecule has 0 spiro atoms. The molecule has 0 radical (unpaired) electrons. The van der Waals surface area contributed by atoms with E-state index in [2.05, 4.69) is 0 Å². The van der Waals surface area contributed by atoms with E-state index in [4.69, 9.17) is 9.84 Å². The van der Waals surface area contributed by atoms with Crippen LogP contribution >= 0.6 is 0 Å². The molecule has 1 saturated carbocycles. The first-order chi connectivity index (χ1) is 6.24. The molecule has 1 N–H and O–H groups in total. The maximum absolute atomic E-state index is 10.5. The highest BCUT2D eigenvalue weighted by molar-refractivity contribution is 5.69. The first-order valence-electron chi connectivity index (χ1n) is 4.99. The normalized spacial score (nSPS) is 27.3. The fourth-order valence-electron chi connectivity index (χ4n) is 1.55. The van der Waals surface area contributed by atoms with Crippen LogP contribution in [0.2, 0.25) is 0 Å². The second kappa shape index (κ2) is 6.89. The molecule has 13 heavy (non-hydrogen) atoms. The predicted molar refractivity (Wildman–Crippen MR) is 51.7 cm³/mol. The number of carbonyl (C=O) groups is 1. The highest BCUT2D eigenvalue weighted by atomic mass is 16.5. The van der Waals surface area contributed by atoms with Crippen LogP contribution in [0.15, 0.2) is 0 Å². The van der Waals surface area contributed by atoms with Crippen molar-refractivity contribution in [1.29, 1.82) is 0 Å². The van der Waals surface area contributed by atoms with E-state index in [0.717, 1.165) is 25.7 Å². The third-order valence-corrected chi connectivity index (χ3v) is 2.36. The number of rotatable bonds is 2. The van der Waals surface area contributed by atoms with Crippen molar-refractivity contribution in [3.8, 4) is 0 Å². The van der Waals surface area contributed by atoms with Crippen LogP contribution in [0, 0.1) is 5.92 Å². The molecule has 78 valence electrons. The van der Waals surface area contributed by atoms with E-state index < -0.39 is 5.97 Å². The van der Waals surface area contributed by atoms with Gasteiger partial charge >= 0.3 is 5.97 Å². The van der Waals surface area contributed by atoms with Crippen LogP contribution in [0.5, 0.6) is 0 Å². The molecule has 0 bridgehead atoms. The van der Waals surface area contributed by atoms with Crippen LogP contribution in [0.25, 0.3) is 0 Å². The van der Waals surface area contributed by atoms with Crippen molar-refractivity contribution in [2.75, 3.05) is 7.11 Å². The molecule has 1 fully saturated rings. The van der Waals surface area contributed by atoms with Gasteiger partial charge in [0.05, 0.1) is 12.0 Å². The number of ether oxygens (including phenoxy) is 1. The summed E-state index contributed by atoms with van der Waals surface area (Å²) >= 11 is 0. The number of aliphatic carboxylic acids is 1. The molecule has 1 rings (SSSR count). The number of carboxylic acid groups (broad SMARTS) is 1. The second-order valence-electron chi connectivity index (χ2n) is 3.05. The summed E-state index contributed by atoms with van der Waals surface area (Å²) in [5.74, 6) is -0.777. The molecule has 0 aromatic carbocycles. The van der Waals surface area contributed by atoms with Gasteiger partial charge in [0.1, 0.15) is 0 Å². The predicted octanol–water partition coefficient (Wildman–Crippen LogP) is 2.30. The van der Waals surface area contributed by atoms with E-state index in [0.29, 0.717) is 6.10 Å². The van der Waals surface area contributed by atoms with Crippen molar-refractivity contribution < 1.29 is 14.6 Å². The minimum Gasteiger partial charge on any atom is -0.481 e. The molecule has 0 saturated heterocycles. The summed E-state index contributed by atoms with van der Waals surface area (Å²) in [6.45, 7) is 4.00. The van der Waals surface area contributed by atoms with E-state index in [1.54, 1.807) is 7.11 Å². The van der Waals surface area contributed by atoms with Gasteiger partial charge in [-0.25, -0.2) is 0 Å². The number of methoxy groups -OCH3 is 1. The van der Waals surface area contributed by atoms with Gasteiger partial charge in [-0.15, -0.1) is 0 Å². The summed E-state index contributed by atoms with van der Waals surface area (Å²) < 4.78 is 5.13. The molecule has 1 aliphatic rings. The van der Waals surface area contributed by atoms with Gasteiger partial charge in [0.15, 0.2) is 0 Å². The second-order valence-corrected chi connectivity index (χ2v) is 3.05. The molecular weight excluding hydrogens is 168 g/mol. The molecule has 3 heteroatoms. The lowest BCUT2D eigenvalue weighted by atomic mass is 9.87. The molecule has 1 aliphatic carbocycles. The van der Waals surface area contributed by atoms with Gasteiger partial charge in [-0.3, -0.25) is 4.79 Å². The zero-order valence-electron chi connectivity index (χ0n) is 8.75. The van der Waals surface area contributed by atoms with Gasteiger partial charge < -0.3 is 9.84 Å². The van der Waals surface area contributed by atoms with Crippen LogP contribution in [-0.4, -0.2) is 24.3 Å². The van der Waals surface area contributed by atoms with Crippen LogP contribution in [0.3, 0.4) is 0 Å². The molecule has 0 amide bonds. The van der Waals surface area contributed by atoms with Crippen molar-refractivity contribution in [3.63, 3.8) is 0 Å². The summed E-state index contributed by atoms with van der Waals surface area (Å²) in [6, 6.07) is 0. The van der Waals surface area contributed by atoms with E-state index in [9.17, 15) is 4.79 Å². The molecule has 0 aliphatic heterocycles. The summed E-state index contributed by atoms with van der Waals surface area (Å²) in [6.07, 6.45) is 3.63. The zero-order chi connectivity index (χ0) is 10.3. The average Bonchev–Trinajstić information content (AvgIpc) is 2.21. The van der Waals surface area contributed by atoms with Crippen LogP contribution in [-0.2, 0) is 9.53 Å². The summed E-state index contributed by atoms with van der Waals surface area (Å²) in [5.41, 5.74) is 0. The smallest absolute Gasteiger partial charge is 0.306 e. The summed E-state index contributed by atoms with van der Waals surface area (Å²) in [7, 11) is 1.69. The highest BCUT2D eigenvalue weighted by Gasteiger charge is 2.25. The Morgan fingerprint density at radius 1 is 1.23 bits per heavy atom. The Hall–Kier alpha value is -0.570. The van der Waals surface area contributed by atoms with Crippen molar-refractivity contribution in [2.45, 2.75) is 45.6 Å². The van der Waals surface area contributed by atoms with Crippen molar-refractivity contribution >= 4 is 5.97 Å². The molecule has 0 unspecified atom stereocenters. The SMILES string of the molecule is CC.COC1CCC(C(=O)O)CC1.